The van der Waals surface area contributed by atoms with E-state index in [0.29, 0.717) is 10.9 Å². The number of nitrogens with zero attached hydrogens (tertiary/aromatic N) is 2. The average molecular weight is 470 g/mol. The van der Waals surface area contributed by atoms with Gasteiger partial charge in [-0.25, -0.2) is 13.8 Å². The maximum Gasteiger partial charge on any atom is 0.264 e. The average Bonchev–Trinajstić information content (AvgIpc) is 2.78. The largest absolute Gasteiger partial charge is 0.271 e. The molecule has 0 bridgehead atoms. The molecule has 3 aromatic rings. The lowest BCUT2D eigenvalue weighted by Crippen LogP contribution is -2.39. The van der Waals surface area contributed by atoms with Crippen LogP contribution in [0.3, 0.4) is 0 Å². The molecule has 0 spiro atoms. The number of carbonyl (C=O) groups excluding carboxylic acids is 1. The topological polar surface area (TPSA) is 78.8 Å². The van der Waals surface area contributed by atoms with Crippen LogP contribution in [-0.2, 0) is 14.8 Å². The van der Waals surface area contributed by atoms with E-state index in [1.165, 1.54) is 30.0 Å². The fraction of sp³-hybridized carbons (Fsp3) is 0.167. The van der Waals surface area contributed by atoms with Crippen molar-refractivity contribution in [2.45, 2.75) is 24.7 Å². The Hall–Kier alpha value is -3.16. The molecule has 0 heterocycles. The molecule has 0 radical (unpaired) electrons. The third kappa shape index (κ3) is 5.96. The fourth-order valence-electron chi connectivity index (χ4n) is 2.98. The molecular weight excluding hydrogens is 446 g/mol. The van der Waals surface area contributed by atoms with Gasteiger partial charge >= 0.3 is 0 Å². The van der Waals surface area contributed by atoms with Gasteiger partial charge in [0, 0.05) is 5.02 Å². The minimum atomic E-state index is -3.99. The standard InChI is InChI=1S/C24H24ClN3O3S/c1-18(2)20-13-11-19(12-14-20)16-26-27-24(29)17-28(22-8-6-7-21(25)15-22)32(30,31)23-9-4-3-5-10-23/h3-16,18H,17H2,1-2H3,(H,27,29)/b26-16-. The zero-order valence-corrected chi connectivity index (χ0v) is 19.3. The Balaban J connectivity index is 1.78. The molecule has 6 nitrogen and oxygen atoms in total. The maximum absolute atomic E-state index is 13.2. The van der Waals surface area contributed by atoms with Gasteiger partial charge in [0.05, 0.1) is 16.8 Å². The van der Waals surface area contributed by atoms with Crippen LogP contribution in [0.25, 0.3) is 0 Å². The third-order valence-corrected chi connectivity index (χ3v) is 6.74. The molecule has 166 valence electrons. The van der Waals surface area contributed by atoms with Gasteiger partial charge in [0.15, 0.2) is 0 Å². The van der Waals surface area contributed by atoms with Crippen molar-refractivity contribution >= 4 is 39.4 Å². The molecular formula is C24H24ClN3O3S. The van der Waals surface area contributed by atoms with E-state index in [0.717, 1.165) is 9.87 Å². The molecule has 0 saturated carbocycles. The lowest BCUT2D eigenvalue weighted by Gasteiger charge is -2.23. The smallest absolute Gasteiger partial charge is 0.264 e. The Morgan fingerprint density at radius 3 is 2.34 bits per heavy atom. The van der Waals surface area contributed by atoms with Crippen molar-refractivity contribution < 1.29 is 13.2 Å². The number of amides is 1. The van der Waals surface area contributed by atoms with E-state index in [4.69, 9.17) is 11.6 Å². The van der Waals surface area contributed by atoms with Crippen molar-refractivity contribution in [3.8, 4) is 0 Å². The summed E-state index contributed by atoms with van der Waals surface area (Å²) in [4.78, 5) is 12.6. The summed E-state index contributed by atoms with van der Waals surface area (Å²) < 4.78 is 27.5. The lowest BCUT2D eigenvalue weighted by atomic mass is 10.0. The van der Waals surface area contributed by atoms with E-state index in [2.05, 4.69) is 24.4 Å². The number of benzene rings is 3. The predicted molar refractivity (Wildman–Crippen MR) is 129 cm³/mol. The summed E-state index contributed by atoms with van der Waals surface area (Å²) >= 11 is 6.06. The quantitative estimate of drug-likeness (QED) is 0.380. The van der Waals surface area contributed by atoms with Crippen LogP contribution >= 0.6 is 11.6 Å². The maximum atomic E-state index is 13.2. The number of rotatable bonds is 8. The van der Waals surface area contributed by atoms with Crippen LogP contribution in [0.15, 0.2) is 88.9 Å². The summed E-state index contributed by atoms with van der Waals surface area (Å²) in [6, 6.07) is 22.1. The molecule has 8 heteroatoms. The lowest BCUT2D eigenvalue weighted by molar-refractivity contribution is -0.119. The molecule has 1 amide bonds. The summed E-state index contributed by atoms with van der Waals surface area (Å²) in [6.07, 6.45) is 1.51. The van der Waals surface area contributed by atoms with Crippen molar-refractivity contribution in [3.05, 3.63) is 95.0 Å². The van der Waals surface area contributed by atoms with E-state index in [1.807, 2.05) is 24.3 Å². The van der Waals surface area contributed by atoms with Gasteiger partial charge in [0.2, 0.25) is 0 Å². The van der Waals surface area contributed by atoms with Gasteiger partial charge in [0.25, 0.3) is 15.9 Å². The van der Waals surface area contributed by atoms with Crippen LogP contribution in [-0.4, -0.2) is 27.1 Å². The number of carbonyl (C=O) groups is 1. The van der Waals surface area contributed by atoms with Gasteiger partial charge in [-0.2, -0.15) is 5.10 Å². The van der Waals surface area contributed by atoms with Crippen LogP contribution in [0.4, 0.5) is 5.69 Å². The second-order valence-corrected chi connectivity index (χ2v) is 9.72. The monoisotopic (exact) mass is 469 g/mol. The Bertz CT molecular complexity index is 1190. The first kappa shape index (κ1) is 23.5. The number of hydrogen-bond acceptors (Lipinski definition) is 4. The van der Waals surface area contributed by atoms with E-state index in [9.17, 15) is 13.2 Å². The van der Waals surface area contributed by atoms with Crippen molar-refractivity contribution in [3.63, 3.8) is 0 Å². The highest BCUT2D eigenvalue weighted by Crippen LogP contribution is 2.25. The molecule has 0 saturated heterocycles. The second-order valence-electron chi connectivity index (χ2n) is 7.42. The van der Waals surface area contributed by atoms with Gasteiger partial charge < -0.3 is 0 Å². The summed E-state index contributed by atoms with van der Waals surface area (Å²) in [6.45, 7) is 3.76. The van der Waals surface area contributed by atoms with Gasteiger partial charge in [0.1, 0.15) is 6.54 Å². The Labute approximate surface area is 193 Å². The minimum Gasteiger partial charge on any atom is -0.271 e. The summed E-state index contributed by atoms with van der Waals surface area (Å²) in [5.74, 6) is -0.163. The number of hydrazone groups is 1. The predicted octanol–water partition coefficient (Wildman–Crippen LogP) is 4.81. The van der Waals surface area contributed by atoms with Crippen LogP contribution < -0.4 is 9.73 Å². The number of nitrogens with one attached hydrogen (secondary N) is 1. The Morgan fingerprint density at radius 1 is 1.03 bits per heavy atom. The minimum absolute atomic E-state index is 0.0709. The highest BCUT2D eigenvalue weighted by molar-refractivity contribution is 7.92. The Morgan fingerprint density at radius 2 is 1.72 bits per heavy atom. The van der Waals surface area contributed by atoms with Crippen molar-refractivity contribution in [1.29, 1.82) is 0 Å². The fourth-order valence-corrected chi connectivity index (χ4v) is 4.60. The molecule has 0 aromatic heterocycles. The van der Waals surface area contributed by atoms with E-state index in [-0.39, 0.29) is 10.6 Å². The highest BCUT2D eigenvalue weighted by Gasteiger charge is 2.27. The first-order chi connectivity index (χ1) is 15.3. The molecule has 0 unspecified atom stereocenters. The zero-order chi connectivity index (χ0) is 23.1. The molecule has 32 heavy (non-hydrogen) atoms. The normalized spacial score (nSPS) is 11.6. The van der Waals surface area contributed by atoms with Gasteiger partial charge in [-0.05, 0) is 47.4 Å². The SMILES string of the molecule is CC(C)c1ccc(/C=N\NC(=O)CN(c2cccc(Cl)c2)S(=O)(=O)c2ccccc2)cc1. The summed E-state index contributed by atoms with van der Waals surface area (Å²) in [5.41, 5.74) is 4.70. The molecule has 0 atom stereocenters. The number of anilines is 1. The van der Waals surface area contributed by atoms with E-state index in [1.54, 1.807) is 36.4 Å². The first-order valence-corrected chi connectivity index (χ1v) is 11.8. The summed E-state index contributed by atoms with van der Waals surface area (Å²) in [7, 11) is -3.99. The molecule has 0 aliphatic heterocycles. The Kier molecular flexibility index (Phi) is 7.66. The van der Waals surface area contributed by atoms with E-state index >= 15 is 0 Å². The number of hydrogen-bond donors (Lipinski definition) is 1. The van der Waals surface area contributed by atoms with Crippen LogP contribution in [0.5, 0.6) is 0 Å². The van der Waals surface area contributed by atoms with Crippen molar-refractivity contribution in [2.75, 3.05) is 10.8 Å². The van der Waals surface area contributed by atoms with Crippen LogP contribution in [0.2, 0.25) is 5.02 Å². The first-order valence-electron chi connectivity index (χ1n) is 10.0. The molecule has 0 aliphatic carbocycles. The number of halogens is 1. The van der Waals surface area contributed by atoms with Crippen LogP contribution in [0.1, 0.15) is 30.9 Å². The van der Waals surface area contributed by atoms with Gasteiger partial charge in [-0.1, -0.05) is 74.0 Å². The summed E-state index contributed by atoms with van der Waals surface area (Å²) in [5, 5.41) is 4.32. The van der Waals surface area contributed by atoms with Crippen molar-refractivity contribution in [1.82, 2.24) is 5.43 Å². The van der Waals surface area contributed by atoms with Gasteiger partial charge in [-0.3, -0.25) is 9.10 Å². The number of sulfonamides is 1. The highest BCUT2D eigenvalue weighted by atomic mass is 35.5. The van der Waals surface area contributed by atoms with Crippen molar-refractivity contribution in [2.24, 2.45) is 5.10 Å². The molecule has 0 aliphatic rings. The molecule has 3 aromatic carbocycles. The van der Waals surface area contributed by atoms with Gasteiger partial charge in [-0.15, -0.1) is 0 Å². The second kappa shape index (κ2) is 10.4. The molecule has 1 N–H and O–H groups in total. The zero-order valence-electron chi connectivity index (χ0n) is 17.8. The molecule has 3 rings (SSSR count). The molecule has 0 fully saturated rings. The third-order valence-electron chi connectivity index (χ3n) is 4.72. The van der Waals surface area contributed by atoms with E-state index < -0.39 is 22.5 Å². The van der Waals surface area contributed by atoms with Crippen LogP contribution in [0, 0.1) is 0 Å².